The quantitative estimate of drug-likeness (QED) is 0.177. The third-order valence-corrected chi connectivity index (χ3v) is 15.9. The highest BCUT2D eigenvalue weighted by Crippen LogP contribution is 2.52. The molecule has 312 valence electrons. The molecule has 1 unspecified atom stereocenters. The molecule has 1 aliphatic heterocycles. The van der Waals surface area contributed by atoms with E-state index in [4.69, 9.17) is 9.97 Å². The van der Waals surface area contributed by atoms with Gasteiger partial charge in [0.2, 0.25) is 5.95 Å². The summed E-state index contributed by atoms with van der Waals surface area (Å²) in [5.41, 5.74) is 14.7. The number of benzene rings is 10. The van der Waals surface area contributed by atoms with Crippen molar-refractivity contribution in [2.75, 3.05) is 0 Å². The zero-order chi connectivity index (χ0) is 44.0. The number of nitrogens with zero attached hydrogens (tertiary/aromatic N) is 4. The number of para-hydroxylation sites is 2. The van der Waals surface area contributed by atoms with Crippen molar-refractivity contribution in [1.29, 1.82) is 0 Å². The molecule has 0 radical (unpaired) electrons. The highest BCUT2D eigenvalue weighted by atomic mass is 32.1. The van der Waals surface area contributed by atoms with E-state index in [-0.39, 0.29) is 0 Å². The third-order valence-electron chi connectivity index (χ3n) is 14.8. The van der Waals surface area contributed by atoms with Gasteiger partial charge in [0.15, 0.2) is 0 Å². The van der Waals surface area contributed by atoms with Crippen molar-refractivity contribution in [2.45, 2.75) is 12.3 Å². The van der Waals surface area contributed by atoms with Crippen LogP contribution in [0.5, 0.6) is 0 Å². The van der Waals surface area contributed by atoms with Gasteiger partial charge >= 0.3 is 0 Å². The second kappa shape index (κ2) is 13.6. The summed E-state index contributed by atoms with van der Waals surface area (Å²) < 4.78 is 7.17. The summed E-state index contributed by atoms with van der Waals surface area (Å²) >= 11 is 1.77. The van der Waals surface area contributed by atoms with Crippen LogP contribution in [0.3, 0.4) is 0 Å². The molecule has 0 fully saturated rings. The van der Waals surface area contributed by atoms with Crippen molar-refractivity contribution in [2.24, 2.45) is 0 Å². The largest absolute Gasteiger partial charge is 0.308 e. The smallest absolute Gasteiger partial charge is 0.235 e. The minimum absolute atomic E-state index is 0.393. The van der Waals surface area contributed by atoms with Crippen LogP contribution in [0.1, 0.15) is 23.6 Å². The summed E-state index contributed by atoms with van der Waals surface area (Å²) in [5.74, 6) is 0.663. The van der Waals surface area contributed by atoms with Crippen LogP contribution in [0.15, 0.2) is 212 Å². The maximum absolute atomic E-state index is 5.57. The molecule has 1 atom stereocenters. The van der Waals surface area contributed by atoms with Crippen LogP contribution >= 0.6 is 11.3 Å². The van der Waals surface area contributed by atoms with E-state index in [1.165, 1.54) is 81.2 Å². The van der Waals surface area contributed by atoms with Crippen LogP contribution in [0.4, 0.5) is 0 Å². The zero-order valence-electron chi connectivity index (χ0n) is 36.4. The van der Waals surface area contributed by atoms with Crippen LogP contribution in [0.2, 0.25) is 0 Å². The van der Waals surface area contributed by atoms with Gasteiger partial charge in [0.05, 0.1) is 43.7 Å². The average molecular weight is 871 g/mol. The van der Waals surface area contributed by atoms with Crippen molar-refractivity contribution in [3.05, 3.63) is 229 Å². The molecule has 0 amide bonds. The first-order valence-electron chi connectivity index (χ1n) is 23.0. The molecule has 0 saturated heterocycles. The van der Waals surface area contributed by atoms with Gasteiger partial charge in [0, 0.05) is 48.0 Å². The fraction of sp³-hybridized carbons (Fsp3) is 0.0323. The van der Waals surface area contributed by atoms with E-state index in [9.17, 15) is 0 Å². The number of rotatable bonds is 4. The van der Waals surface area contributed by atoms with Crippen LogP contribution in [-0.2, 0) is 5.41 Å². The second-order valence-electron chi connectivity index (χ2n) is 18.2. The molecule has 0 spiro atoms. The lowest BCUT2D eigenvalue weighted by Gasteiger charge is -2.38. The molecule has 14 aromatic rings. The first-order valence-corrected chi connectivity index (χ1v) is 23.8. The fourth-order valence-electron chi connectivity index (χ4n) is 11.6. The minimum Gasteiger partial charge on any atom is -0.308 e. The average Bonchev–Trinajstić information content (AvgIpc) is 4.06. The Morgan fingerprint density at radius 3 is 1.97 bits per heavy atom. The number of hydrogen-bond acceptors (Lipinski definition) is 3. The number of fused-ring (bicyclic) bond motifs is 14. The van der Waals surface area contributed by atoms with E-state index in [2.05, 4.69) is 228 Å². The molecule has 5 heteroatoms. The normalized spacial score (nSPS) is 14.7. The zero-order valence-corrected chi connectivity index (χ0v) is 37.2. The van der Waals surface area contributed by atoms with Crippen molar-refractivity contribution < 1.29 is 0 Å². The van der Waals surface area contributed by atoms with Crippen molar-refractivity contribution in [1.82, 2.24) is 19.1 Å². The molecule has 0 bridgehead atoms. The topological polar surface area (TPSA) is 35.6 Å². The predicted octanol–water partition coefficient (Wildman–Crippen LogP) is 16.3. The molecule has 1 aliphatic rings. The van der Waals surface area contributed by atoms with Gasteiger partial charge in [-0.15, -0.1) is 11.3 Å². The number of aromatic nitrogens is 4. The lowest BCUT2D eigenvalue weighted by atomic mass is 9.68. The molecular weight excluding hydrogens is 833 g/mol. The van der Waals surface area contributed by atoms with Crippen LogP contribution < -0.4 is 0 Å². The van der Waals surface area contributed by atoms with Gasteiger partial charge in [-0.05, 0) is 81.2 Å². The van der Waals surface area contributed by atoms with Gasteiger partial charge in [-0.3, -0.25) is 4.57 Å². The number of thiophene rings is 1. The molecule has 4 nitrogen and oxygen atoms in total. The Balaban J connectivity index is 0.998. The van der Waals surface area contributed by atoms with E-state index in [1.54, 1.807) is 11.3 Å². The standard InChI is InChI=1S/C62H38N4S/c1-62(43-17-3-2-4-18-43)50-33-30-41(36-54(50)66-58-44-19-8-7-15-38(44)28-32-48(58)47-22-13-23-51(62)59(47)66)40-29-31-46-45-20-9-11-24-52(45)65(53(46)35-40)61-63-56(42-27-26-37-14-5-6-16-39(37)34-42)60-57(64-61)49-21-10-12-25-55(49)67-60/h2-36H,1H3. The highest BCUT2D eigenvalue weighted by molar-refractivity contribution is 7.26. The molecule has 0 aliphatic carbocycles. The van der Waals surface area contributed by atoms with Gasteiger partial charge in [0.25, 0.3) is 0 Å². The summed E-state index contributed by atoms with van der Waals surface area (Å²) in [7, 11) is 0. The Labute approximate surface area is 389 Å². The monoisotopic (exact) mass is 870 g/mol. The number of hydrogen-bond donors (Lipinski definition) is 0. The summed E-state index contributed by atoms with van der Waals surface area (Å²) in [6, 6.07) is 78.1. The Hall–Kier alpha value is -8.38. The second-order valence-corrected chi connectivity index (χ2v) is 19.3. The lowest BCUT2D eigenvalue weighted by Crippen LogP contribution is -2.31. The van der Waals surface area contributed by atoms with Gasteiger partial charge in [-0.1, -0.05) is 182 Å². The molecule has 10 aromatic carbocycles. The highest BCUT2D eigenvalue weighted by Gasteiger charge is 2.40. The Kier molecular flexibility index (Phi) is 7.48. The van der Waals surface area contributed by atoms with Gasteiger partial charge < -0.3 is 4.57 Å². The molecule has 0 N–H and O–H groups in total. The Morgan fingerprint density at radius 1 is 0.418 bits per heavy atom. The Bertz CT molecular complexity index is 4420. The third kappa shape index (κ3) is 5.06. The predicted molar refractivity (Wildman–Crippen MR) is 281 cm³/mol. The summed E-state index contributed by atoms with van der Waals surface area (Å²) in [4.78, 5) is 11.1. The van der Waals surface area contributed by atoms with E-state index >= 15 is 0 Å². The summed E-state index contributed by atoms with van der Waals surface area (Å²) in [6.45, 7) is 2.42. The minimum atomic E-state index is -0.393. The van der Waals surface area contributed by atoms with Crippen molar-refractivity contribution in [3.63, 3.8) is 0 Å². The van der Waals surface area contributed by atoms with Crippen LogP contribution in [0.25, 0.3) is 119 Å². The van der Waals surface area contributed by atoms with E-state index < -0.39 is 5.41 Å². The van der Waals surface area contributed by atoms with Crippen molar-refractivity contribution >= 4 is 96.8 Å². The summed E-state index contributed by atoms with van der Waals surface area (Å²) in [6.07, 6.45) is 0. The van der Waals surface area contributed by atoms with E-state index in [1.807, 2.05) is 0 Å². The molecule has 4 aromatic heterocycles. The van der Waals surface area contributed by atoms with E-state index in [0.29, 0.717) is 5.95 Å². The Morgan fingerprint density at radius 2 is 1.07 bits per heavy atom. The SMILES string of the molecule is CC1(c2ccccc2)c2ccc(-c3ccc4c5ccccc5n(-c5nc(-c6ccc7ccccc7c6)c6sc7ccccc7c6n5)c4c3)cc2-n2c3c1cccc3c1ccc3ccccc3c12. The molecular formula is C62H38N4S. The van der Waals surface area contributed by atoms with Gasteiger partial charge in [-0.25, -0.2) is 9.97 Å². The maximum Gasteiger partial charge on any atom is 0.235 e. The lowest BCUT2D eigenvalue weighted by molar-refractivity contribution is 0.679. The van der Waals surface area contributed by atoms with Crippen LogP contribution in [0, 0.1) is 0 Å². The maximum atomic E-state index is 5.57. The van der Waals surface area contributed by atoms with Crippen LogP contribution in [-0.4, -0.2) is 19.1 Å². The molecule has 67 heavy (non-hydrogen) atoms. The summed E-state index contributed by atoms with van der Waals surface area (Å²) in [5, 5.41) is 10.9. The fourth-order valence-corrected chi connectivity index (χ4v) is 12.7. The first-order chi connectivity index (χ1) is 33.1. The molecule has 0 saturated carbocycles. The van der Waals surface area contributed by atoms with E-state index in [0.717, 1.165) is 49.0 Å². The molecule has 15 rings (SSSR count). The van der Waals surface area contributed by atoms with Crippen molar-refractivity contribution in [3.8, 4) is 34.0 Å². The van der Waals surface area contributed by atoms with Gasteiger partial charge in [-0.2, -0.15) is 0 Å². The molecule has 5 heterocycles. The van der Waals surface area contributed by atoms with Gasteiger partial charge in [0.1, 0.15) is 0 Å². The first kappa shape index (κ1) is 36.9.